The second kappa shape index (κ2) is 10.9. The molecule has 4 N–H and O–H groups in total. The number of aliphatic hydroxyl groups excluding tert-OH is 3. The van der Waals surface area contributed by atoms with Crippen LogP contribution < -0.4 is 5.32 Å². The Morgan fingerprint density at radius 2 is 1.52 bits per heavy atom. The summed E-state index contributed by atoms with van der Waals surface area (Å²) in [6.07, 6.45) is 3.19. The molecule has 8 heteroatoms. The first kappa shape index (κ1) is 34.3. The van der Waals surface area contributed by atoms with Crippen molar-refractivity contribution in [1.29, 1.82) is 0 Å². The van der Waals surface area contributed by atoms with Gasteiger partial charge in [-0.05, 0) is 104 Å². The molecule has 0 aromatic carbocycles. The highest BCUT2D eigenvalue weighted by molar-refractivity contribution is 5.92. The van der Waals surface area contributed by atoms with Gasteiger partial charge in [-0.3, -0.25) is 14.4 Å². The zero-order valence-corrected chi connectivity index (χ0v) is 29.4. The Bertz CT molecular complexity index is 1320. The van der Waals surface area contributed by atoms with Crippen LogP contribution in [-0.2, 0) is 19.1 Å². The van der Waals surface area contributed by atoms with Crippen LogP contribution in [0.4, 0.5) is 0 Å². The van der Waals surface area contributed by atoms with Gasteiger partial charge in [-0.15, -0.1) is 0 Å². The second-order valence-electron chi connectivity index (χ2n) is 18.2. The van der Waals surface area contributed by atoms with Crippen molar-refractivity contribution in [3.63, 3.8) is 0 Å². The first-order valence-electron chi connectivity index (χ1n) is 18.1. The standard InChI is InChI=1S/C38H59NO7/c1-9-39-32(45)30-28(43)26(41)27(42)29(46-30)31(44)38-18-16-33(2,3)20-22(38)21-10-11-24-35(6)14-13-25(40)34(4,5)23(35)12-15-37(24,8)36(21,7)17-19-38/h10,22-24,26-30,41-43H,9,11-20H2,1-8H3,(H,39,45)/t22?,23?,24?,26-,27?,28+,29-,30?,35+,36-,37-,38+/m1/s1. The Morgan fingerprint density at radius 1 is 0.870 bits per heavy atom. The number of carbonyl (C=O) groups excluding carboxylic acids is 3. The molecule has 1 amide bonds. The van der Waals surface area contributed by atoms with Crippen molar-refractivity contribution in [2.75, 3.05) is 6.54 Å². The molecule has 0 spiro atoms. The van der Waals surface area contributed by atoms with E-state index in [-0.39, 0.29) is 38.8 Å². The highest BCUT2D eigenvalue weighted by Gasteiger charge is 2.70. The van der Waals surface area contributed by atoms with Crippen molar-refractivity contribution < 1.29 is 34.4 Å². The first-order chi connectivity index (χ1) is 21.3. The van der Waals surface area contributed by atoms with Crippen molar-refractivity contribution in [3.05, 3.63) is 11.6 Å². The lowest BCUT2D eigenvalue weighted by atomic mass is 9.33. The molecule has 1 aliphatic heterocycles. The van der Waals surface area contributed by atoms with E-state index in [1.54, 1.807) is 6.92 Å². The lowest BCUT2D eigenvalue weighted by Gasteiger charge is -2.70. The molecule has 1 saturated heterocycles. The third-order valence-electron chi connectivity index (χ3n) is 15.4. The fourth-order valence-electron chi connectivity index (χ4n) is 12.4. The number of likely N-dealkylation sites (N-methyl/N-ethyl adjacent to an activating group) is 1. The Labute approximate surface area is 275 Å². The molecule has 0 aromatic rings. The third kappa shape index (κ3) is 4.55. The summed E-state index contributed by atoms with van der Waals surface area (Å²) in [4.78, 5) is 40.9. The number of allylic oxidation sites excluding steroid dienone is 2. The van der Waals surface area contributed by atoms with E-state index in [0.717, 1.165) is 44.9 Å². The van der Waals surface area contributed by atoms with Crippen molar-refractivity contribution in [1.82, 2.24) is 5.32 Å². The van der Waals surface area contributed by atoms with Crippen LogP contribution in [0.25, 0.3) is 0 Å². The van der Waals surface area contributed by atoms with Gasteiger partial charge in [0.25, 0.3) is 5.91 Å². The van der Waals surface area contributed by atoms with Crippen molar-refractivity contribution in [3.8, 4) is 0 Å². The first-order valence-corrected chi connectivity index (χ1v) is 18.1. The Morgan fingerprint density at radius 3 is 2.20 bits per heavy atom. The van der Waals surface area contributed by atoms with Crippen LogP contribution in [0.5, 0.6) is 0 Å². The van der Waals surface area contributed by atoms with Gasteiger partial charge in [-0.1, -0.05) is 60.1 Å². The van der Waals surface area contributed by atoms with Crippen LogP contribution in [0.15, 0.2) is 11.6 Å². The molecule has 6 rings (SSSR count). The number of fused-ring (bicyclic) bond motifs is 7. The van der Waals surface area contributed by atoms with E-state index < -0.39 is 41.8 Å². The van der Waals surface area contributed by atoms with Crippen molar-refractivity contribution in [2.24, 2.45) is 50.2 Å². The molecule has 8 nitrogen and oxygen atoms in total. The Balaban J connectivity index is 1.39. The monoisotopic (exact) mass is 641 g/mol. The summed E-state index contributed by atoms with van der Waals surface area (Å²) in [5.74, 6) is 0.330. The molecule has 5 fully saturated rings. The zero-order valence-electron chi connectivity index (χ0n) is 29.4. The minimum atomic E-state index is -1.67. The van der Waals surface area contributed by atoms with Gasteiger partial charge < -0.3 is 25.4 Å². The Kier molecular flexibility index (Phi) is 8.15. The maximum Gasteiger partial charge on any atom is 0.251 e. The lowest BCUT2D eigenvalue weighted by Crippen LogP contribution is -2.67. The molecule has 258 valence electrons. The normalized spacial score (nSPS) is 49.4. The van der Waals surface area contributed by atoms with Crippen LogP contribution in [-0.4, -0.2) is 69.9 Å². The van der Waals surface area contributed by atoms with E-state index in [9.17, 15) is 29.7 Å². The molecule has 5 aliphatic carbocycles. The van der Waals surface area contributed by atoms with E-state index in [4.69, 9.17) is 4.74 Å². The van der Waals surface area contributed by atoms with Crippen LogP contribution >= 0.6 is 0 Å². The van der Waals surface area contributed by atoms with Gasteiger partial charge in [0.15, 0.2) is 11.9 Å². The fourth-order valence-corrected chi connectivity index (χ4v) is 12.4. The summed E-state index contributed by atoms with van der Waals surface area (Å²) in [6.45, 7) is 18.4. The van der Waals surface area contributed by atoms with Gasteiger partial charge in [0.05, 0.1) is 0 Å². The molecular formula is C38H59NO7. The number of amides is 1. The van der Waals surface area contributed by atoms with Gasteiger partial charge >= 0.3 is 0 Å². The van der Waals surface area contributed by atoms with E-state index in [1.165, 1.54) is 5.57 Å². The van der Waals surface area contributed by atoms with Crippen LogP contribution in [0.1, 0.15) is 120 Å². The second-order valence-corrected chi connectivity index (χ2v) is 18.2. The predicted octanol–water partition coefficient (Wildman–Crippen LogP) is 4.91. The SMILES string of the molecule is CCNC(=O)C1O[C@@H](C(=O)[C@]23CCC(C)(C)CC2C2=CCC4[C@@]5(C)CCC(=O)C(C)(C)C5CC[C@@]4(C)[C@]2(C)CC3)C(O)[C@@H](O)[C@@H]1O. The number of Topliss-reactive ketones (excluding diaryl/α,β-unsaturated/α-hetero) is 2. The number of ketones is 2. The highest BCUT2D eigenvalue weighted by Crippen LogP contribution is 2.75. The van der Waals surface area contributed by atoms with Gasteiger partial charge in [-0.25, -0.2) is 0 Å². The lowest BCUT2D eigenvalue weighted by molar-refractivity contribution is -0.226. The van der Waals surface area contributed by atoms with Gasteiger partial charge in [-0.2, -0.15) is 0 Å². The van der Waals surface area contributed by atoms with Crippen LogP contribution in [0.3, 0.4) is 0 Å². The molecule has 6 aliphatic rings. The third-order valence-corrected chi connectivity index (χ3v) is 15.4. The van der Waals surface area contributed by atoms with Gasteiger partial charge in [0.2, 0.25) is 0 Å². The number of carbonyl (C=O) groups is 3. The number of aliphatic hydroxyl groups is 3. The number of rotatable bonds is 4. The van der Waals surface area contributed by atoms with Crippen LogP contribution in [0, 0.1) is 50.2 Å². The van der Waals surface area contributed by atoms with Crippen molar-refractivity contribution >= 4 is 17.5 Å². The minimum Gasteiger partial charge on any atom is -0.387 e. The van der Waals surface area contributed by atoms with E-state index in [2.05, 4.69) is 59.9 Å². The van der Waals surface area contributed by atoms with Gasteiger partial charge in [0.1, 0.15) is 30.2 Å². The number of hydrogen-bond acceptors (Lipinski definition) is 7. The highest BCUT2D eigenvalue weighted by atomic mass is 16.5. The molecule has 12 atom stereocenters. The zero-order chi connectivity index (χ0) is 33.8. The fraction of sp³-hybridized carbons (Fsp3) is 0.868. The van der Waals surface area contributed by atoms with Crippen LogP contribution in [0.2, 0.25) is 0 Å². The molecule has 46 heavy (non-hydrogen) atoms. The summed E-state index contributed by atoms with van der Waals surface area (Å²) in [6, 6.07) is 0. The molecule has 5 unspecified atom stereocenters. The number of nitrogens with one attached hydrogen (secondary N) is 1. The summed E-state index contributed by atoms with van der Waals surface area (Å²) >= 11 is 0. The largest absolute Gasteiger partial charge is 0.387 e. The number of ether oxygens (including phenoxy) is 1. The van der Waals surface area contributed by atoms with E-state index in [0.29, 0.717) is 43.4 Å². The maximum atomic E-state index is 14.9. The van der Waals surface area contributed by atoms with Crippen molar-refractivity contribution in [2.45, 2.75) is 150 Å². The molecule has 1 heterocycles. The molecule has 0 radical (unpaired) electrons. The van der Waals surface area contributed by atoms with E-state index >= 15 is 0 Å². The summed E-state index contributed by atoms with van der Waals surface area (Å²) in [5, 5.41) is 35.3. The summed E-state index contributed by atoms with van der Waals surface area (Å²) in [5.41, 5.74) is 0.251. The Hall–Kier alpha value is -1.61. The smallest absolute Gasteiger partial charge is 0.251 e. The predicted molar refractivity (Wildman–Crippen MR) is 174 cm³/mol. The average molecular weight is 642 g/mol. The average Bonchev–Trinajstić information content (AvgIpc) is 2.98. The quantitative estimate of drug-likeness (QED) is 0.321. The number of hydrogen-bond donors (Lipinski definition) is 4. The van der Waals surface area contributed by atoms with E-state index in [1.807, 2.05) is 0 Å². The molecule has 4 saturated carbocycles. The molecule has 0 aromatic heterocycles. The van der Waals surface area contributed by atoms with Gasteiger partial charge in [0, 0.05) is 23.8 Å². The topological polar surface area (TPSA) is 133 Å². The summed E-state index contributed by atoms with van der Waals surface area (Å²) < 4.78 is 6.01. The minimum absolute atomic E-state index is 0.0140. The molecular weight excluding hydrogens is 582 g/mol. The maximum absolute atomic E-state index is 14.9. The molecule has 0 bridgehead atoms. The summed E-state index contributed by atoms with van der Waals surface area (Å²) in [7, 11) is 0.